The number of imidazole rings is 1. The second-order valence-corrected chi connectivity index (χ2v) is 15.7. The summed E-state index contributed by atoms with van der Waals surface area (Å²) in [4.78, 5) is 14.9. The number of aromatic nitrogens is 5. The fourth-order valence-electron chi connectivity index (χ4n) is 8.98. The molecule has 0 atom stereocenters. The molecule has 0 saturated carbocycles. The summed E-state index contributed by atoms with van der Waals surface area (Å²) in [6.45, 7) is 0. The maximum Gasteiger partial charge on any atom is 0.227 e. The third-order valence-electron chi connectivity index (χ3n) is 12.0. The standard InChI is InChI=1S/C55H33N5O2/c1-2-12-41(13-3-1)60-50-16-8-6-14-45(50)56-53(60)35-20-25-42(26-21-35)59-48-28-23-39(54-57-46-15-7-9-17-51(46)61-54)31-43(48)44-32-40(24-29-49(44)59)55-58-47-27-22-38(33-52(47)62-55)37-19-18-34-10-4-5-11-36(34)30-37/h1-33H. The van der Waals surface area contributed by atoms with Gasteiger partial charge in [-0.3, -0.25) is 4.57 Å². The van der Waals surface area contributed by atoms with E-state index in [1.165, 1.54) is 10.8 Å². The van der Waals surface area contributed by atoms with Crippen LogP contribution in [0.25, 0.3) is 123 Å². The molecule has 62 heavy (non-hydrogen) atoms. The minimum Gasteiger partial charge on any atom is -0.436 e. The molecule has 0 radical (unpaired) electrons. The van der Waals surface area contributed by atoms with Crippen LogP contribution in [0.2, 0.25) is 0 Å². The molecule has 0 aliphatic heterocycles. The molecule has 0 unspecified atom stereocenters. The van der Waals surface area contributed by atoms with E-state index in [-0.39, 0.29) is 0 Å². The third kappa shape index (κ3) is 5.49. The number of hydrogen-bond donors (Lipinski definition) is 0. The van der Waals surface area contributed by atoms with E-state index in [1.807, 2.05) is 42.5 Å². The predicted molar refractivity (Wildman–Crippen MR) is 250 cm³/mol. The van der Waals surface area contributed by atoms with Crippen LogP contribution in [0.5, 0.6) is 0 Å². The van der Waals surface area contributed by atoms with Gasteiger partial charge in [0.05, 0.1) is 22.1 Å². The van der Waals surface area contributed by atoms with E-state index < -0.39 is 0 Å². The van der Waals surface area contributed by atoms with Gasteiger partial charge in [-0.05, 0) is 137 Å². The number of hydrogen-bond acceptors (Lipinski definition) is 5. The van der Waals surface area contributed by atoms with Gasteiger partial charge in [-0.1, -0.05) is 84.9 Å². The fraction of sp³-hybridized carbons (Fsp3) is 0. The largest absolute Gasteiger partial charge is 0.436 e. The summed E-state index contributed by atoms with van der Waals surface area (Å²) < 4.78 is 17.4. The first-order chi connectivity index (χ1) is 30.7. The monoisotopic (exact) mass is 795 g/mol. The average Bonchev–Trinajstić information content (AvgIpc) is 4.13. The molecule has 4 aromatic heterocycles. The van der Waals surface area contributed by atoms with Gasteiger partial charge in [0.2, 0.25) is 11.8 Å². The molecule has 0 aliphatic rings. The molecule has 4 heterocycles. The van der Waals surface area contributed by atoms with Crippen molar-refractivity contribution < 1.29 is 8.83 Å². The first-order valence-electron chi connectivity index (χ1n) is 20.7. The van der Waals surface area contributed by atoms with Crippen LogP contribution in [0.3, 0.4) is 0 Å². The van der Waals surface area contributed by atoms with E-state index in [4.69, 9.17) is 23.8 Å². The van der Waals surface area contributed by atoms with Crippen LogP contribution >= 0.6 is 0 Å². The van der Waals surface area contributed by atoms with Gasteiger partial charge in [0.25, 0.3) is 0 Å². The molecule has 9 aromatic carbocycles. The number of oxazole rings is 2. The van der Waals surface area contributed by atoms with Crippen molar-refractivity contribution in [2.75, 3.05) is 0 Å². The summed E-state index contributed by atoms with van der Waals surface area (Å²) >= 11 is 0. The molecule has 0 fully saturated rings. The van der Waals surface area contributed by atoms with Crippen molar-refractivity contribution in [3.8, 4) is 56.8 Å². The van der Waals surface area contributed by atoms with E-state index in [2.05, 4.69) is 167 Å². The maximum atomic E-state index is 6.55. The Kier molecular flexibility index (Phi) is 7.47. The number of para-hydroxylation sites is 5. The highest BCUT2D eigenvalue weighted by Crippen LogP contribution is 2.39. The Balaban J connectivity index is 0.944. The molecule has 0 N–H and O–H groups in total. The summed E-state index contributed by atoms with van der Waals surface area (Å²) in [7, 11) is 0. The number of nitrogens with zero attached hydrogens (tertiary/aromatic N) is 5. The van der Waals surface area contributed by atoms with E-state index in [0.717, 1.165) is 100 Å². The van der Waals surface area contributed by atoms with Gasteiger partial charge in [0.1, 0.15) is 16.9 Å². The lowest BCUT2D eigenvalue weighted by Gasteiger charge is -2.12. The Labute approximate surface area is 354 Å². The number of benzene rings is 9. The molecule has 13 rings (SSSR count). The zero-order chi connectivity index (χ0) is 40.7. The SMILES string of the molecule is c1ccc(-n2c(-c3ccc(-n4c5ccc(-c6nc7ccccc7o6)cc5c5cc(-c6nc7ccc(-c8ccc9ccccc9c8)cc7o6)ccc54)cc3)nc3ccccc32)cc1. The minimum atomic E-state index is 0.569. The highest BCUT2D eigenvalue weighted by molar-refractivity contribution is 6.11. The van der Waals surface area contributed by atoms with E-state index >= 15 is 0 Å². The summed E-state index contributed by atoms with van der Waals surface area (Å²) in [5, 5.41) is 4.54. The van der Waals surface area contributed by atoms with Gasteiger partial charge in [0.15, 0.2) is 11.2 Å². The zero-order valence-corrected chi connectivity index (χ0v) is 33.1. The van der Waals surface area contributed by atoms with Crippen LogP contribution in [-0.2, 0) is 0 Å². The van der Waals surface area contributed by atoms with Crippen molar-refractivity contribution in [2.45, 2.75) is 0 Å². The lowest BCUT2D eigenvalue weighted by atomic mass is 10.0. The van der Waals surface area contributed by atoms with Gasteiger partial charge < -0.3 is 13.4 Å². The van der Waals surface area contributed by atoms with Gasteiger partial charge in [0, 0.05) is 38.8 Å². The second-order valence-electron chi connectivity index (χ2n) is 15.7. The lowest BCUT2D eigenvalue weighted by Crippen LogP contribution is -1.98. The Hall–Kier alpha value is -8.55. The first-order valence-corrected chi connectivity index (χ1v) is 20.7. The number of fused-ring (bicyclic) bond motifs is 7. The van der Waals surface area contributed by atoms with Gasteiger partial charge in [-0.15, -0.1) is 0 Å². The van der Waals surface area contributed by atoms with E-state index in [1.54, 1.807) is 0 Å². The van der Waals surface area contributed by atoms with Crippen molar-refractivity contribution in [3.63, 3.8) is 0 Å². The zero-order valence-electron chi connectivity index (χ0n) is 33.1. The predicted octanol–water partition coefficient (Wildman–Crippen LogP) is 14.2. The van der Waals surface area contributed by atoms with Crippen molar-refractivity contribution in [1.29, 1.82) is 0 Å². The summed E-state index contributed by atoms with van der Waals surface area (Å²) in [5.74, 6) is 2.04. The quantitative estimate of drug-likeness (QED) is 0.168. The van der Waals surface area contributed by atoms with Crippen molar-refractivity contribution in [2.24, 2.45) is 0 Å². The van der Waals surface area contributed by atoms with E-state index in [0.29, 0.717) is 11.8 Å². The second kappa shape index (κ2) is 13.5. The molecule has 7 nitrogen and oxygen atoms in total. The van der Waals surface area contributed by atoms with Crippen molar-refractivity contribution in [3.05, 3.63) is 200 Å². The highest BCUT2D eigenvalue weighted by Gasteiger charge is 2.20. The van der Waals surface area contributed by atoms with E-state index in [9.17, 15) is 0 Å². The molecule has 13 aromatic rings. The highest BCUT2D eigenvalue weighted by atomic mass is 16.4. The summed E-state index contributed by atoms with van der Waals surface area (Å²) in [6.07, 6.45) is 0. The molecular formula is C55H33N5O2. The van der Waals surface area contributed by atoms with Gasteiger partial charge >= 0.3 is 0 Å². The van der Waals surface area contributed by atoms with Gasteiger partial charge in [-0.25, -0.2) is 15.0 Å². The number of rotatable bonds is 6. The van der Waals surface area contributed by atoms with Crippen LogP contribution in [0.1, 0.15) is 0 Å². The van der Waals surface area contributed by atoms with Crippen molar-refractivity contribution in [1.82, 2.24) is 24.1 Å². The van der Waals surface area contributed by atoms with Crippen LogP contribution in [-0.4, -0.2) is 24.1 Å². The molecule has 0 amide bonds. The fourth-order valence-corrected chi connectivity index (χ4v) is 8.98. The van der Waals surface area contributed by atoms with Gasteiger partial charge in [-0.2, -0.15) is 0 Å². The Morgan fingerprint density at radius 1 is 0.323 bits per heavy atom. The molecule has 7 heteroatoms. The molecule has 0 saturated heterocycles. The topological polar surface area (TPSA) is 74.8 Å². The van der Waals surface area contributed by atoms with Crippen LogP contribution in [0, 0.1) is 0 Å². The Morgan fingerprint density at radius 3 is 1.65 bits per heavy atom. The molecule has 0 aliphatic carbocycles. The first kappa shape index (κ1) is 34.3. The Bertz CT molecular complexity index is 3840. The normalized spacial score (nSPS) is 11.9. The molecule has 0 spiro atoms. The molecule has 0 bridgehead atoms. The van der Waals surface area contributed by atoms with Crippen LogP contribution in [0.4, 0.5) is 0 Å². The summed E-state index contributed by atoms with van der Waals surface area (Å²) in [5.41, 5.74) is 14.4. The Morgan fingerprint density at radius 2 is 0.887 bits per heavy atom. The van der Waals surface area contributed by atoms with Crippen molar-refractivity contribution >= 4 is 65.8 Å². The molecular weight excluding hydrogens is 763 g/mol. The average molecular weight is 796 g/mol. The lowest BCUT2D eigenvalue weighted by molar-refractivity contribution is 0.619. The smallest absolute Gasteiger partial charge is 0.227 e. The maximum absolute atomic E-state index is 6.55. The molecule has 290 valence electrons. The third-order valence-corrected chi connectivity index (χ3v) is 12.0. The minimum absolute atomic E-state index is 0.569. The van der Waals surface area contributed by atoms with Crippen LogP contribution < -0.4 is 0 Å². The summed E-state index contributed by atoms with van der Waals surface area (Å²) in [6, 6.07) is 69.4. The van der Waals surface area contributed by atoms with Crippen LogP contribution in [0.15, 0.2) is 209 Å².